The van der Waals surface area contributed by atoms with Crippen molar-refractivity contribution in [2.45, 2.75) is 0 Å². The summed E-state index contributed by atoms with van der Waals surface area (Å²) in [7, 11) is 0. The highest BCUT2D eigenvalue weighted by atomic mass is 16.3. The third kappa shape index (κ3) is 5.75. The van der Waals surface area contributed by atoms with E-state index in [0.29, 0.717) is 0 Å². The normalized spacial score (nSPS) is 11.8. The minimum atomic E-state index is 0.862. The van der Waals surface area contributed by atoms with Crippen LogP contribution >= 0.6 is 0 Å². The minimum Gasteiger partial charge on any atom is -0.455 e. The van der Waals surface area contributed by atoms with Crippen LogP contribution in [0.5, 0.6) is 0 Å². The maximum Gasteiger partial charge on any atom is 0.159 e. The van der Waals surface area contributed by atoms with Gasteiger partial charge in [-0.15, -0.1) is 0 Å². The first-order valence-corrected chi connectivity index (χ1v) is 21.5. The van der Waals surface area contributed by atoms with Gasteiger partial charge in [0, 0.05) is 38.5 Å². The Morgan fingerprint density at radius 3 is 1.71 bits per heavy atom. The van der Waals surface area contributed by atoms with Crippen molar-refractivity contribution < 1.29 is 8.83 Å². The van der Waals surface area contributed by atoms with Crippen molar-refractivity contribution in [3.63, 3.8) is 0 Å². The molecule has 0 aliphatic heterocycles. The standard InChI is InChI=1S/C60H37NO2/c1-2-11-39(12-3-1)51-18-9-19-54-55-37-42(28-34-58(55)62-59(51)54)41-27-32-49-43(35-41)23-24-44-36-46(31-33-50(44)49)61(56-21-10-20-53-52-16-6-7-22-57(52)63-60(53)56)45-29-25-40(26-30-45)48-17-8-14-38-13-4-5-15-47(38)48/h1-37H. The van der Waals surface area contributed by atoms with Crippen LogP contribution in [-0.2, 0) is 0 Å². The summed E-state index contributed by atoms with van der Waals surface area (Å²) < 4.78 is 13.2. The molecule has 0 aliphatic rings. The molecule has 0 unspecified atom stereocenters. The Bertz CT molecular complexity index is 3910. The van der Waals surface area contributed by atoms with E-state index in [4.69, 9.17) is 8.83 Å². The maximum absolute atomic E-state index is 6.66. The first-order chi connectivity index (χ1) is 31.2. The van der Waals surface area contributed by atoms with Crippen LogP contribution in [0, 0.1) is 0 Å². The topological polar surface area (TPSA) is 29.5 Å². The number of benzene rings is 11. The number of furan rings is 2. The van der Waals surface area contributed by atoms with Gasteiger partial charge in [0.15, 0.2) is 5.58 Å². The summed E-state index contributed by atoms with van der Waals surface area (Å²) in [5.74, 6) is 0. The highest BCUT2D eigenvalue weighted by Crippen LogP contribution is 2.44. The van der Waals surface area contributed by atoms with Crippen molar-refractivity contribution in [3.05, 3.63) is 224 Å². The molecule has 13 rings (SSSR count). The lowest BCUT2D eigenvalue weighted by Crippen LogP contribution is -2.10. The summed E-state index contributed by atoms with van der Waals surface area (Å²) in [5.41, 5.74) is 13.6. The predicted octanol–water partition coefficient (Wildman–Crippen LogP) is 17.4. The second-order valence-corrected chi connectivity index (χ2v) is 16.4. The highest BCUT2D eigenvalue weighted by Gasteiger charge is 2.21. The molecule has 3 nitrogen and oxygen atoms in total. The second-order valence-electron chi connectivity index (χ2n) is 16.4. The van der Waals surface area contributed by atoms with E-state index in [1.54, 1.807) is 0 Å². The summed E-state index contributed by atoms with van der Waals surface area (Å²) in [6.07, 6.45) is 0. The highest BCUT2D eigenvalue weighted by molar-refractivity contribution is 6.14. The van der Waals surface area contributed by atoms with Crippen molar-refractivity contribution in [1.29, 1.82) is 0 Å². The molecule has 2 heterocycles. The van der Waals surface area contributed by atoms with Crippen LogP contribution in [0.3, 0.4) is 0 Å². The number of hydrogen-bond acceptors (Lipinski definition) is 3. The van der Waals surface area contributed by atoms with E-state index in [2.05, 4.69) is 211 Å². The third-order valence-electron chi connectivity index (χ3n) is 12.8. The van der Waals surface area contributed by atoms with Gasteiger partial charge in [0.1, 0.15) is 16.7 Å². The smallest absolute Gasteiger partial charge is 0.159 e. The Labute approximate surface area is 363 Å². The molecule has 294 valence electrons. The van der Waals surface area contributed by atoms with Crippen molar-refractivity contribution in [2.75, 3.05) is 4.90 Å². The molecule has 0 bridgehead atoms. The van der Waals surface area contributed by atoms with Crippen molar-refractivity contribution in [2.24, 2.45) is 0 Å². The third-order valence-corrected chi connectivity index (χ3v) is 12.8. The molecule has 0 spiro atoms. The van der Waals surface area contributed by atoms with Crippen LogP contribution < -0.4 is 4.90 Å². The molecule has 13 aromatic rings. The van der Waals surface area contributed by atoms with Crippen LogP contribution in [0.1, 0.15) is 0 Å². The number of nitrogens with zero attached hydrogens (tertiary/aromatic N) is 1. The van der Waals surface area contributed by atoms with Gasteiger partial charge in [0.05, 0.1) is 5.69 Å². The van der Waals surface area contributed by atoms with Gasteiger partial charge >= 0.3 is 0 Å². The first kappa shape index (κ1) is 35.4. The molecule has 0 N–H and O–H groups in total. The molecule has 0 atom stereocenters. The van der Waals surface area contributed by atoms with E-state index >= 15 is 0 Å². The number of anilines is 3. The molecule has 0 aliphatic carbocycles. The summed E-state index contributed by atoms with van der Waals surface area (Å²) in [5, 5.41) is 11.7. The van der Waals surface area contributed by atoms with E-state index in [0.717, 1.165) is 77.6 Å². The van der Waals surface area contributed by atoms with Crippen LogP contribution in [0.15, 0.2) is 233 Å². The summed E-state index contributed by atoms with van der Waals surface area (Å²) in [4.78, 5) is 2.34. The Balaban J connectivity index is 0.909. The van der Waals surface area contributed by atoms with E-state index in [1.165, 1.54) is 49.0 Å². The summed E-state index contributed by atoms with van der Waals surface area (Å²) >= 11 is 0. The average Bonchev–Trinajstić information content (AvgIpc) is 3.93. The van der Waals surface area contributed by atoms with Crippen molar-refractivity contribution in [3.8, 4) is 33.4 Å². The Hall–Kier alpha value is -8.40. The quantitative estimate of drug-likeness (QED) is 0.157. The van der Waals surface area contributed by atoms with Crippen LogP contribution in [0.4, 0.5) is 17.1 Å². The zero-order valence-corrected chi connectivity index (χ0v) is 34.1. The number of rotatable bonds is 6. The van der Waals surface area contributed by atoms with E-state index < -0.39 is 0 Å². The van der Waals surface area contributed by atoms with Gasteiger partial charge in [0.25, 0.3) is 0 Å². The van der Waals surface area contributed by atoms with Gasteiger partial charge in [-0.25, -0.2) is 0 Å². The van der Waals surface area contributed by atoms with Crippen LogP contribution in [0.25, 0.3) is 110 Å². The minimum absolute atomic E-state index is 0.862. The molecular formula is C60H37NO2. The fourth-order valence-electron chi connectivity index (χ4n) is 9.80. The SMILES string of the molecule is c1ccc(-c2cccc3c2oc2ccc(-c4ccc5c(ccc6cc(N(c7ccc(-c8cccc9ccccc89)cc7)c7cccc8c7oc7ccccc78)ccc65)c4)cc23)cc1. The van der Waals surface area contributed by atoms with E-state index in [1.807, 2.05) is 18.2 Å². The Morgan fingerprint density at radius 2 is 0.841 bits per heavy atom. The lowest BCUT2D eigenvalue weighted by Gasteiger charge is -2.26. The molecular weight excluding hydrogens is 767 g/mol. The van der Waals surface area contributed by atoms with Gasteiger partial charge in [-0.05, 0) is 115 Å². The molecule has 0 saturated heterocycles. The fraction of sp³-hybridized carbons (Fsp3) is 0. The average molecular weight is 804 g/mol. The second kappa shape index (κ2) is 14.1. The van der Waals surface area contributed by atoms with Crippen LogP contribution in [0.2, 0.25) is 0 Å². The zero-order chi connectivity index (χ0) is 41.4. The molecule has 3 heteroatoms. The van der Waals surface area contributed by atoms with Crippen LogP contribution in [-0.4, -0.2) is 0 Å². The molecule has 0 radical (unpaired) electrons. The largest absolute Gasteiger partial charge is 0.455 e. The van der Waals surface area contributed by atoms with Gasteiger partial charge in [-0.3, -0.25) is 0 Å². The summed E-state index contributed by atoms with van der Waals surface area (Å²) in [6, 6.07) is 80.5. The van der Waals surface area contributed by atoms with Gasteiger partial charge in [-0.1, -0.05) is 170 Å². The molecule has 63 heavy (non-hydrogen) atoms. The van der Waals surface area contributed by atoms with E-state index in [-0.39, 0.29) is 0 Å². The molecule has 11 aromatic carbocycles. The number of para-hydroxylation sites is 3. The molecule has 0 amide bonds. The zero-order valence-electron chi connectivity index (χ0n) is 34.1. The van der Waals surface area contributed by atoms with Gasteiger partial charge in [-0.2, -0.15) is 0 Å². The molecule has 2 aromatic heterocycles. The van der Waals surface area contributed by atoms with Gasteiger partial charge < -0.3 is 13.7 Å². The Kier molecular flexibility index (Phi) is 7.91. The fourth-order valence-corrected chi connectivity index (χ4v) is 9.80. The lowest BCUT2D eigenvalue weighted by atomic mass is 9.96. The number of hydrogen-bond donors (Lipinski definition) is 0. The van der Waals surface area contributed by atoms with Gasteiger partial charge in [0.2, 0.25) is 0 Å². The molecule has 0 saturated carbocycles. The lowest BCUT2D eigenvalue weighted by molar-refractivity contribution is 0.669. The monoisotopic (exact) mass is 803 g/mol. The van der Waals surface area contributed by atoms with Crippen molar-refractivity contribution in [1.82, 2.24) is 0 Å². The van der Waals surface area contributed by atoms with Crippen molar-refractivity contribution >= 4 is 93.3 Å². The summed E-state index contributed by atoms with van der Waals surface area (Å²) in [6.45, 7) is 0. The Morgan fingerprint density at radius 1 is 0.270 bits per heavy atom. The first-order valence-electron chi connectivity index (χ1n) is 21.5. The number of fused-ring (bicyclic) bond motifs is 10. The predicted molar refractivity (Wildman–Crippen MR) is 265 cm³/mol. The maximum atomic E-state index is 6.66. The molecule has 0 fully saturated rings. The van der Waals surface area contributed by atoms with E-state index in [9.17, 15) is 0 Å².